The van der Waals surface area contributed by atoms with Crippen molar-refractivity contribution in [1.82, 2.24) is 20.0 Å². The van der Waals surface area contributed by atoms with E-state index in [2.05, 4.69) is 36.1 Å². The van der Waals surface area contributed by atoms with Gasteiger partial charge in [-0.1, -0.05) is 20.8 Å². The van der Waals surface area contributed by atoms with E-state index in [0.717, 1.165) is 51.9 Å². The number of carbonyl (C=O) groups is 1. The molecule has 2 aliphatic rings. The van der Waals surface area contributed by atoms with Crippen LogP contribution in [0.4, 0.5) is 0 Å². The molecule has 0 bridgehead atoms. The predicted octanol–water partition coefficient (Wildman–Crippen LogP) is 2.67. The first-order valence-corrected chi connectivity index (χ1v) is 8.94. The maximum Gasteiger partial charge on any atom is 0.250 e. The zero-order chi connectivity index (χ0) is 16.5. The van der Waals surface area contributed by atoms with Gasteiger partial charge in [-0.25, -0.2) is 0 Å². The van der Waals surface area contributed by atoms with Crippen molar-refractivity contribution < 1.29 is 4.79 Å². The summed E-state index contributed by atoms with van der Waals surface area (Å²) in [4.78, 5) is 15.5. The van der Waals surface area contributed by atoms with Crippen molar-refractivity contribution in [3.63, 3.8) is 0 Å². The molecule has 1 aromatic rings. The molecule has 0 aliphatic carbocycles. The molecule has 0 aromatic carbocycles. The summed E-state index contributed by atoms with van der Waals surface area (Å²) in [6.45, 7) is 10.5. The van der Waals surface area contributed by atoms with Crippen molar-refractivity contribution in [3.05, 3.63) is 18.5 Å². The summed E-state index contributed by atoms with van der Waals surface area (Å²) in [5, 5.41) is 7.80. The molecule has 0 radical (unpaired) electrons. The number of halogens is 1. The van der Waals surface area contributed by atoms with Crippen LogP contribution in [0.15, 0.2) is 18.5 Å². The summed E-state index contributed by atoms with van der Waals surface area (Å²) in [6, 6.07) is 1.92. The minimum Gasteiger partial charge on any atom is -0.341 e. The molecule has 3 rings (SSSR count). The lowest BCUT2D eigenvalue weighted by atomic mass is 9.75. The zero-order valence-electron chi connectivity index (χ0n) is 15.1. The van der Waals surface area contributed by atoms with Crippen LogP contribution in [0.2, 0.25) is 0 Å². The van der Waals surface area contributed by atoms with Gasteiger partial charge in [-0.15, -0.1) is 12.4 Å². The van der Waals surface area contributed by atoms with Gasteiger partial charge < -0.3 is 10.2 Å². The molecular weight excluding hydrogens is 324 g/mol. The standard InChI is InChI=1S/C18H30N4O.ClH/c1-17(2,3)15-5-13-21(14-6-15)16(23)18(7-10-19-11-8-18)22-12-4-9-20-22;/h4,9,12,15,19H,5-8,10-11,13-14H2,1-3H3;1H. The van der Waals surface area contributed by atoms with E-state index in [-0.39, 0.29) is 18.3 Å². The first-order valence-electron chi connectivity index (χ1n) is 8.94. The second kappa shape index (κ2) is 7.44. The molecule has 0 unspecified atom stereocenters. The Bertz CT molecular complexity index is 524. The molecule has 3 heterocycles. The molecule has 136 valence electrons. The van der Waals surface area contributed by atoms with E-state index < -0.39 is 5.54 Å². The lowest BCUT2D eigenvalue weighted by Gasteiger charge is -2.44. The Balaban J connectivity index is 0.00000208. The van der Waals surface area contributed by atoms with Crippen LogP contribution in [0.3, 0.4) is 0 Å². The summed E-state index contributed by atoms with van der Waals surface area (Å²) in [7, 11) is 0. The summed E-state index contributed by atoms with van der Waals surface area (Å²) < 4.78 is 1.91. The number of carbonyl (C=O) groups excluding carboxylic acids is 1. The minimum atomic E-state index is -0.483. The Morgan fingerprint density at radius 2 is 1.83 bits per heavy atom. The zero-order valence-corrected chi connectivity index (χ0v) is 15.9. The molecule has 1 amide bonds. The van der Waals surface area contributed by atoms with E-state index in [4.69, 9.17) is 0 Å². The molecule has 2 aliphatic heterocycles. The van der Waals surface area contributed by atoms with Crippen LogP contribution in [0.25, 0.3) is 0 Å². The van der Waals surface area contributed by atoms with Gasteiger partial charge >= 0.3 is 0 Å². The lowest BCUT2D eigenvalue weighted by Crippen LogP contribution is -2.57. The van der Waals surface area contributed by atoms with Gasteiger partial charge in [0.25, 0.3) is 5.91 Å². The van der Waals surface area contributed by atoms with E-state index in [1.807, 2.05) is 16.9 Å². The molecule has 24 heavy (non-hydrogen) atoms. The maximum absolute atomic E-state index is 13.4. The smallest absolute Gasteiger partial charge is 0.250 e. The number of amides is 1. The molecular formula is C18H31ClN4O. The SMILES string of the molecule is CC(C)(C)C1CCN(C(=O)C2(n3cccn3)CCNCC2)CC1.Cl. The highest BCUT2D eigenvalue weighted by Crippen LogP contribution is 2.36. The third-order valence-electron chi connectivity index (χ3n) is 5.78. The quantitative estimate of drug-likeness (QED) is 0.888. The van der Waals surface area contributed by atoms with E-state index in [1.54, 1.807) is 6.20 Å². The normalized spacial score (nSPS) is 22.0. The van der Waals surface area contributed by atoms with Crippen LogP contribution >= 0.6 is 12.4 Å². The highest BCUT2D eigenvalue weighted by Gasteiger charge is 2.45. The highest BCUT2D eigenvalue weighted by atomic mass is 35.5. The molecule has 6 heteroatoms. The number of nitrogens with zero attached hydrogens (tertiary/aromatic N) is 3. The number of likely N-dealkylation sites (tertiary alicyclic amines) is 1. The number of aromatic nitrogens is 2. The summed E-state index contributed by atoms with van der Waals surface area (Å²) in [6.07, 6.45) is 7.61. The molecule has 2 fully saturated rings. The molecule has 5 nitrogen and oxygen atoms in total. The number of hydrogen-bond acceptors (Lipinski definition) is 3. The van der Waals surface area contributed by atoms with Crippen LogP contribution in [0.1, 0.15) is 46.5 Å². The van der Waals surface area contributed by atoms with Crippen LogP contribution in [0.5, 0.6) is 0 Å². The average Bonchev–Trinajstić information content (AvgIpc) is 3.09. The van der Waals surface area contributed by atoms with Crippen molar-refractivity contribution in [2.45, 2.75) is 52.0 Å². The Morgan fingerprint density at radius 1 is 1.21 bits per heavy atom. The largest absolute Gasteiger partial charge is 0.341 e. The summed E-state index contributed by atoms with van der Waals surface area (Å²) in [5.74, 6) is 0.982. The maximum atomic E-state index is 13.4. The van der Waals surface area contributed by atoms with Crippen molar-refractivity contribution >= 4 is 18.3 Å². The van der Waals surface area contributed by atoms with Gasteiger partial charge in [0.2, 0.25) is 0 Å². The van der Waals surface area contributed by atoms with Gasteiger partial charge in [-0.3, -0.25) is 9.48 Å². The van der Waals surface area contributed by atoms with Crippen LogP contribution < -0.4 is 5.32 Å². The molecule has 2 saturated heterocycles. The Kier molecular flexibility index (Phi) is 5.97. The first-order chi connectivity index (χ1) is 10.9. The van der Waals surface area contributed by atoms with Crippen LogP contribution in [-0.4, -0.2) is 46.8 Å². The average molecular weight is 355 g/mol. The van der Waals surface area contributed by atoms with Crippen LogP contribution in [0, 0.1) is 11.3 Å². The summed E-state index contributed by atoms with van der Waals surface area (Å²) in [5.41, 5.74) is -0.146. The number of hydrogen-bond donors (Lipinski definition) is 1. The molecule has 1 N–H and O–H groups in total. The van der Waals surface area contributed by atoms with Gasteiger partial charge in [0.15, 0.2) is 0 Å². The monoisotopic (exact) mass is 354 g/mol. The lowest BCUT2D eigenvalue weighted by molar-refractivity contribution is -0.145. The number of nitrogens with one attached hydrogen (secondary N) is 1. The topological polar surface area (TPSA) is 50.2 Å². The second-order valence-electron chi connectivity index (χ2n) is 8.16. The summed E-state index contributed by atoms with van der Waals surface area (Å²) >= 11 is 0. The van der Waals surface area contributed by atoms with Gasteiger partial charge in [0.1, 0.15) is 5.54 Å². The number of rotatable bonds is 2. The number of piperidine rings is 2. The Morgan fingerprint density at radius 3 is 2.33 bits per heavy atom. The van der Waals surface area contributed by atoms with Crippen molar-refractivity contribution in [1.29, 1.82) is 0 Å². The fourth-order valence-electron chi connectivity index (χ4n) is 4.15. The second-order valence-corrected chi connectivity index (χ2v) is 8.16. The third-order valence-corrected chi connectivity index (χ3v) is 5.78. The first kappa shape index (κ1) is 19.3. The minimum absolute atomic E-state index is 0. The van der Waals surface area contributed by atoms with E-state index in [0.29, 0.717) is 11.3 Å². The van der Waals surface area contributed by atoms with Crippen molar-refractivity contribution in [2.75, 3.05) is 26.2 Å². The fourth-order valence-corrected chi connectivity index (χ4v) is 4.15. The molecule has 1 aromatic heterocycles. The van der Waals surface area contributed by atoms with Gasteiger partial charge in [-0.05, 0) is 56.2 Å². The van der Waals surface area contributed by atoms with E-state index in [9.17, 15) is 4.79 Å². The Labute approximate surface area is 151 Å². The van der Waals surface area contributed by atoms with E-state index in [1.165, 1.54) is 0 Å². The Hall–Kier alpha value is -1.07. The van der Waals surface area contributed by atoms with Gasteiger partial charge in [0, 0.05) is 25.5 Å². The van der Waals surface area contributed by atoms with Gasteiger partial charge in [-0.2, -0.15) is 5.10 Å². The van der Waals surface area contributed by atoms with Gasteiger partial charge in [0.05, 0.1) is 0 Å². The molecule has 0 spiro atoms. The van der Waals surface area contributed by atoms with Crippen molar-refractivity contribution in [2.24, 2.45) is 11.3 Å². The fraction of sp³-hybridized carbons (Fsp3) is 0.778. The molecule has 0 saturated carbocycles. The third kappa shape index (κ3) is 3.62. The van der Waals surface area contributed by atoms with Crippen LogP contribution in [-0.2, 0) is 10.3 Å². The van der Waals surface area contributed by atoms with E-state index >= 15 is 0 Å². The molecule has 0 atom stereocenters. The highest BCUT2D eigenvalue weighted by molar-refractivity contribution is 5.85. The van der Waals surface area contributed by atoms with Crippen molar-refractivity contribution in [3.8, 4) is 0 Å². The predicted molar refractivity (Wildman–Crippen MR) is 98.3 cm³/mol.